The van der Waals surface area contributed by atoms with Crippen molar-refractivity contribution in [1.82, 2.24) is 0 Å². The average molecular weight is 177 g/mol. The minimum absolute atomic E-state index is 0.250. The van der Waals surface area contributed by atoms with Gasteiger partial charge in [-0.25, -0.2) is 0 Å². The van der Waals surface area contributed by atoms with Crippen molar-refractivity contribution >= 4 is 6.41 Å². The number of primary amides is 1. The molecular weight excluding hydrogens is 162 g/mol. The first-order valence-corrected chi connectivity index (χ1v) is 4.06. The molecule has 0 atom stereocenters. The molecule has 0 heterocycles. The quantitative estimate of drug-likeness (QED) is 0.543. The number of amides is 1. The fraction of sp³-hybridized carbons (Fsp3) is 0.182. The van der Waals surface area contributed by atoms with Gasteiger partial charge in [0.05, 0.1) is 0 Å². The summed E-state index contributed by atoms with van der Waals surface area (Å²) in [5, 5.41) is 0. The van der Waals surface area contributed by atoms with Crippen molar-refractivity contribution in [2.45, 2.75) is 13.3 Å². The smallest absolute Gasteiger partial charge is 0.204 e. The van der Waals surface area contributed by atoms with Gasteiger partial charge in [0.25, 0.3) is 0 Å². The number of hydrogen-bond donors (Lipinski definition) is 1. The lowest BCUT2D eigenvalue weighted by Gasteiger charge is -1.96. The Bertz CT molecular complexity index is 269. The zero-order valence-electron chi connectivity index (χ0n) is 7.86. The van der Waals surface area contributed by atoms with Crippen LogP contribution in [0.15, 0.2) is 36.9 Å². The number of hydrogen-bond acceptors (Lipinski definition) is 1. The van der Waals surface area contributed by atoms with E-state index in [1.165, 1.54) is 11.1 Å². The summed E-state index contributed by atoms with van der Waals surface area (Å²) in [6.07, 6.45) is 3.15. The van der Waals surface area contributed by atoms with Crippen LogP contribution in [0.1, 0.15) is 11.1 Å². The molecule has 0 aliphatic heterocycles. The van der Waals surface area contributed by atoms with E-state index in [9.17, 15) is 0 Å². The third-order valence-electron chi connectivity index (χ3n) is 1.46. The van der Waals surface area contributed by atoms with Crippen molar-refractivity contribution in [3.8, 4) is 0 Å². The second kappa shape index (κ2) is 7.10. The maximum atomic E-state index is 8.58. The van der Waals surface area contributed by atoms with E-state index >= 15 is 0 Å². The molecule has 1 rings (SSSR count). The number of rotatable bonds is 2. The lowest BCUT2D eigenvalue weighted by Crippen LogP contribution is -1.82. The molecule has 1 aromatic rings. The highest BCUT2D eigenvalue weighted by molar-refractivity contribution is 5.42. The van der Waals surface area contributed by atoms with E-state index in [1.54, 1.807) is 0 Å². The molecule has 0 spiro atoms. The van der Waals surface area contributed by atoms with Crippen LogP contribution in [0.5, 0.6) is 0 Å². The molecule has 0 bridgehead atoms. The maximum Gasteiger partial charge on any atom is 0.204 e. The standard InChI is InChI=1S/C10H12.CH3NO/c1-3-5-10-7-4-6-9(2)8-10;2-1-3/h3-4,6-8H,1,5H2,2H3;1H,(H2,2,3). The number of carbonyl (C=O) groups is 1. The van der Waals surface area contributed by atoms with Gasteiger partial charge in [-0.3, -0.25) is 4.79 Å². The lowest BCUT2D eigenvalue weighted by molar-refractivity contribution is -0.106. The van der Waals surface area contributed by atoms with Gasteiger partial charge in [-0.05, 0) is 18.9 Å². The molecule has 1 amide bonds. The Morgan fingerprint density at radius 1 is 1.54 bits per heavy atom. The molecule has 0 radical (unpaired) electrons. The van der Waals surface area contributed by atoms with E-state index in [0.29, 0.717) is 0 Å². The van der Waals surface area contributed by atoms with Gasteiger partial charge in [0.1, 0.15) is 0 Å². The fourth-order valence-electron chi connectivity index (χ4n) is 1.01. The Morgan fingerprint density at radius 2 is 2.15 bits per heavy atom. The Labute approximate surface area is 79.1 Å². The van der Waals surface area contributed by atoms with Crippen molar-refractivity contribution in [3.63, 3.8) is 0 Å². The lowest BCUT2D eigenvalue weighted by atomic mass is 10.1. The van der Waals surface area contributed by atoms with Gasteiger partial charge in [0.15, 0.2) is 0 Å². The summed E-state index contributed by atoms with van der Waals surface area (Å²) >= 11 is 0. The first-order chi connectivity index (χ1) is 6.24. The van der Waals surface area contributed by atoms with Gasteiger partial charge in [0, 0.05) is 0 Å². The molecule has 0 saturated heterocycles. The molecule has 2 heteroatoms. The predicted octanol–water partition coefficient (Wildman–Crippen LogP) is 1.83. The number of benzene rings is 1. The van der Waals surface area contributed by atoms with E-state index in [-0.39, 0.29) is 6.41 Å². The van der Waals surface area contributed by atoms with Gasteiger partial charge >= 0.3 is 0 Å². The molecule has 0 saturated carbocycles. The Morgan fingerprint density at radius 3 is 2.62 bits per heavy atom. The van der Waals surface area contributed by atoms with E-state index < -0.39 is 0 Å². The summed E-state index contributed by atoms with van der Waals surface area (Å²) in [4.78, 5) is 8.58. The van der Waals surface area contributed by atoms with Crippen molar-refractivity contribution in [3.05, 3.63) is 48.0 Å². The summed E-state index contributed by atoms with van der Waals surface area (Å²) in [5.41, 5.74) is 6.83. The Kier molecular flexibility index (Phi) is 6.24. The molecule has 2 nitrogen and oxygen atoms in total. The second-order valence-electron chi connectivity index (χ2n) is 2.62. The van der Waals surface area contributed by atoms with Crippen molar-refractivity contribution in [1.29, 1.82) is 0 Å². The van der Waals surface area contributed by atoms with Crippen molar-refractivity contribution in [2.24, 2.45) is 5.73 Å². The molecule has 0 aliphatic carbocycles. The number of aryl methyl sites for hydroxylation is 1. The second-order valence-corrected chi connectivity index (χ2v) is 2.62. The highest BCUT2D eigenvalue weighted by Gasteiger charge is 1.87. The van der Waals surface area contributed by atoms with Crippen LogP contribution in [0.25, 0.3) is 0 Å². The number of allylic oxidation sites excluding steroid dienone is 1. The zero-order chi connectivity index (χ0) is 10.1. The fourth-order valence-corrected chi connectivity index (χ4v) is 1.01. The van der Waals surface area contributed by atoms with Gasteiger partial charge in [-0.15, -0.1) is 6.58 Å². The van der Waals surface area contributed by atoms with Gasteiger partial charge in [-0.2, -0.15) is 0 Å². The molecule has 1 aromatic carbocycles. The van der Waals surface area contributed by atoms with Gasteiger partial charge < -0.3 is 5.73 Å². The van der Waals surface area contributed by atoms with Crippen LogP contribution in [0.3, 0.4) is 0 Å². The van der Waals surface area contributed by atoms with Crippen LogP contribution in [0.2, 0.25) is 0 Å². The summed E-state index contributed by atoms with van der Waals surface area (Å²) in [6.45, 7) is 5.79. The summed E-state index contributed by atoms with van der Waals surface area (Å²) in [5.74, 6) is 0. The van der Waals surface area contributed by atoms with Crippen LogP contribution >= 0.6 is 0 Å². The molecule has 0 aromatic heterocycles. The van der Waals surface area contributed by atoms with E-state index in [4.69, 9.17) is 4.79 Å². The predicted molar refractivity (Wildman–Crippen MR) is 55.3 cm³/mol. The normalized spacial score (nSPS) is 8.08. The number of carbonyl (C=O) groups excluding carboxylic acids is 1. The Hall–Kier alpha value is -1.57. The minimum Gasteiger partial charge on any atom is -0.372 e. The Balaban J connectivity index is 0.000000424. The third-order valence-corrected chi connectivity index (χ3v) is 1.46. The molecule has 2 N–H and O–H groups in total. The first-order valence-electron chi connectivity index (χ1n) is 4.06. The van der Waals surface area contributed by atoms with E-state index in [1.807, 2.05) is 6.08 Å². The SMILES string of the molecule is C=CCc1cccc(C)c1.NC=O. The first kappa shape index (κ1) is 11.4. The monoisotopic (exact) mass is 177 g/mol. The van der Waals surface area contributed by atoms with Crippen LogP contribution in [0, 0.1) is 6.92 Å². The van der Waals surface area contributed by atoms with E-state index in [0.717, 1.165) is 6.42 Å². The molecule has 0 aliphatic rings. The number of nitrogens with two attached hydrogens (primary N) is 1. The average Bonchev–Trinajstić information content (AvgIpc) is 2.06. The highest BCUT2D eigenvalue weighted by Crippen LogP contribution is 2.04. The summed E-state index contributed by atoms with van der Waals surface area (Å²) < 4.78 is 0. The molecule has 13 heavy (non-hydrogen) atoms. The van der Waals surface area contributed by atoms with Crippen LogP contribution in [-0.2, 0) is 11.2 Å². The molecule has 0 fully saturated rings. The van der Waals surface area contributed by atoms with Gasteiger partial charge in [0.2, 0.25) is 6.41 Å². The van der Waals surface area contributed by atoms with Crippen LogP contribution in [-0.4, -0.2) is 6.41 Å². The topological polar surface area (TPSA) is 43.1 Å². The van der Waals surface area contributed by atoms with Crippen molar-refractivity contribution in [2.75, 3.05) is 0 Å². The van der Waals surface area contributed by atoms with Crippen LogP contribution < -0.4 is 5.73 Å². The molecule has 70 valence electrons. The highest BCUT2D eigenvalue weighted by atomic mass is 16.1. The minimum atomic E-state index is 0.250. The largest absolute Gasteiger partial charge is 0.372 e. The van der Waals surface area contributed by atoms with Crippen LogP contribution in [0.4, 0.5) is 0 Å². The van der Waals surface area contributed by atoms with Gasteiger partial charge in [-0.1, -0.05) is 35.9 Å². The van der Waals surface area contributed by atoms with Crippen molar-refractivity contribution < 1.29 is 4.79 Å². The van der Waals surface area contributed by atoms with E-state index in [2.05, 4.69) is 43.5 Å². The molecule has 0 unspecified atom stereocenters. The maximum absolute atomic E-state index is 8.58. The summed E-state index contributed by atoms with van der Waals surface area (Å²) in [6, 6.07) is 8.48. The summed E-state index contributed by atoms with van der Waals surface area (Å²) in [7, 11) is 0. The third kappa shape index (κ3) is 5.67. The molecular formula is C11H15NO. The zero-order valence-corrected chi connectivity index (χ0v) is 7.86.